The lowest BCUT2D eigenvalue weighted by Crippen LogP contribution is -2.52. The molecule has 1 atom stereocenters. The standard InChI is InChI=1S/C17H35N3O/c1-5-17(11-9-12-18-15-17)16(21)20(8-4)14-10-13-19(6-2)7-3/h18H,5-15H2,1-4H3. The predicted molar refractivity (Wildman–Crippen MR) is 89.5 cm³/mol. The summed E-state index contributed by atoms with van der Waals surface area (Å²) in [4.78, 5) is 17.5. The fraction of sp³-hybridized carbons (Fsp3) is 0.941. The summed E-state index contributed by atoms with van der Waals surface area (Å²) in [5.41, 5.74) is -0.149. The number of nitrogens with zero attached hydrogens (tertiary/aromatic N) is 2. The molecule has 1 fully saturated rings. The quantitative estimate of drug-likeness (QED) is 0.709. The summed E-state index contributed by atoms with van der Waals surface area (Å²) in [6.45, 7) is 15.6. The molecule has 1 aliphatic heterocycles. The Labute approximate surface area is 131 Å². The maximum atomic E-state index is 13.0. The Morgan fingerprint density at radius 3 is 2.29 bits per heavy atom. The number of amides is 1. The van der Waals surface area contributed by atoms with Crippen molar-refractivity contribution in [3.05, 3.63) is 0 Å². The van der Waals surface area contributed by atoms with E-state index >= 15 is 0 Å². The molecule has 1 unspecified atom stereocenters. The van der Waals surface area contributed by atoms with E-state index in [1.165, 1.54) is 0 Å². The number of rotatable bonds is 9. The lowest BCUT2D eigenvalue weighted by Gasteiger charge is -2.39. The summed E-state index contributed by atoms with van der Waals surface area (Å²) in [5.74, 6) is 0.374. The lowest BCUT2D eigenvalue weighted by molar-refractivity contribution is -0.143. The van der Waals surface area contributed by atoms with Gasteiger partial charge in [0.1, 0.15) is 0 Å². The van der Waals surface area contributed by atoms with Gasteiger partial charge in [-0.05, 0) is 58.8 Å². The summed E-state index contributed by atoms with van der Waals surface area (Å²) >= 11 is 0. The van der Waals surface area contributed by atoms with E-state index in [2.05, 4.69) is 42.8 Å². The van der Waals surface area contributed by atoms with Crippen LogP contribution in [0, 0.1) is 5.41 Å². The first kappa shape index (κ1) is 18.4. The van der Waals surface area contributed by atoms with Crippen LogP contribution in [0.15, 0.2) is 0 Å². The van der Waals surface area contributed by atoms with Gasteiger partial charge in [0.25, 0.3) is 0 Å². The lowest BCUT2D eigenvalue weighted by atomic mass is 9.77. The van der Waals surface area contributed by atoms with Crippen molar-refractivity contribution in [3.63, 3.8) is 0 Å². The summed E-state index contributed by atoms with van der Waals surface area (Å²) in [5, 5.41) is 3.42. The molecule has 0 bridgehead atoms. The molecule has 0 aromatic rings. The van der Waals surface area contributed by atoms with E-state index in [1.807, 2.05) is 0 Å². The van der Waals surface area contributed by atoms with Gasteiger partial charge >= 0.3 is 0 Å². The van der Waals surface area contributed by atoms with Crippen LogP contribution in [0.1, 0.15) is 53.4 Å². The van der Waals surface area contributed by atoms with Crippen molar-refractivity contribution in [1.29, 1.82) is 0 Å². The second-order valence-corrected chi connectivity index (χ2v) is 6.18. The molecule has 4 nitrogen and oxygen atoms in total. The molecule has 0 saturated carbocycles. The van der Waals surface area contributed by atoms with Crippen molar-refractivity contribution in [3.8, 4) is 0 Å². The zero-order valence-corrected chi connectivity index (χ0v) is 14.6. The first-order chi connectivity index (χ1) is 10.1. The molecule has 4 heteroatoms. The summed E-state index contributed by atoms with van der Waals surface area (Å²) in [7, 11) is 0. The Balaban J connectivity index is 2.55. The van der Waals surface area contributed by atoms with Gasteiger partial charge in [-0.1, -0.05) is 20.8 Å². The smallest absolute Gasteiger partial charge is 0.230 e. The molecule has 124 valence electrons. The molecule has 0 aromatic heterocycles. The molecule has 0 radical (unpaired) electrons. The molecule has 1 N–H and O–H groups in total. The summed E-state index contributed by atoms with van der Waals surface area (Å²) < 4.78 is 0. The van der Waals surface area contributed by atoms with E-state index in [4.69, 9.17) is 0 Å². The molecule has 0 aromatic carbocycles. The normalized spacial score (nSPS) is 22.5. The zero-order valence-electron chi connectivity index (χ0n) is 14.6. The highest BCUT2D eigenvalue weighted by Gasteiger charge is 2.39. The minimum absolute atomic E-state index is 0.149. The minimum atomic E-state index is -0.149. The van der Waals surface area contributed by atoms with Crippen molar-refractivity contribution in [2.45, 2.75) is 53.4 Å². The predicted octanol–water partition coefficient (Wildman–Crippen LogP) is 2.35. The third-order valence-electron chi connectivity index (χ3n) is 5.07. The zero-order chi connectivity index (χ0) is 15.7. The highest BCUT2D eigenvalue weighted by molar-refractivity contribution is 5.83. The SMILES string of the molecule is CCN(CC)CCCN(CC)C(=O)C1(CC)CCCNC1. The maximum absolute atomic E-state index is 13.0. The van der Waals surface area contributed by atoms with Crippen molar-refractivity contribution in [2.75, 3.05) is 45.8 Å². The fourth-order valence-electron chi connectivity index (χ4n) is 3.37. The van der Waals surface area contributed by atoms with Crippen molar-refractivity contribution in [1.82, 2.24) is 15.1 Å². The van der Waals surface area contributed by atoms with E-state index < -0.39 is 0 Å². The molecule has 1 aliphatic rings. The number of nitrogens with one attached hydrogen (secondary N) is 1. The van der Waals surface area contributed by atoms with Gasteiger partial charge in [0, 0.05) is 19.6 Å². The van der Waals surface area contributed by atoms with Crippen LogP contribution in [-0.4, -0.2) is 61.5 Å². The van der Waals surface area contributed by atoms with Gasteiger partial charge in [0.15, 0.2) is 0 Å². The molecule has 1 rings (SSSR count). The summed E-state index contributed by atoms with van der Waals surface area (Å²) in [6.07, 6.45) is 4.19. The number of carbonyl (C=O) groups is 1. The Morgan fingerprint density at radius 1 is 1.10 bits per heavy atom. The Bertz CT molecular complexity index is 296. The second-order valence-electron chi connectivity index (χ2n) is 6.18. The van der Waals surface area contributed by atoms with E-state index in [1.54, 1.807) is 0 Å². The van der Waals surface area contributed by atoms with Crippen molar-refractivity contribution in [2.24, 2.45) is 5.41 Å². The molecular weight excluding hydrogens is 262 g/mol. The third kappa shape index (κ3) is 4.96. The van der Waals surface area contributed by atoms with E-state index in [0.717, 1.165) is 71.5 Å². The van der Waals surface area contributed by atoms with Crippen LogP contribution in [0.3, 0.4) is 0 Å². The Kier molecular flexibility index (Phi) is 8.27. The monoisotopic (exact) mass is 297 g/mol. The van der Waals surface area contributed by atoms with Gasteiger partial charge in [-0.3, -0.25) is 4.79 Å². The molecule has 21 heavy (non-hydrogen) atoms. The van der Waals surface area contributed by atoms with Crippen molar-refractivity contribution >= 4 is 5.91 Å². The third-order valence-corrected chi connectivity index (χ3v) is 5.07. The van der Waals surface area contributed by atoms with Gasteiger partial charge in [-0.2, -0.15) is 0 Å². The molecule has 0 spiro atoms. The molecule has 0 aliphatic carbocycles. The van der Waals surface area contributed by atoms with Gasteiger partial charge < -0.3 is 15.1 Å². The van der Waals surface area contributed by atoms with Gasteiger partial charge in [-0.25, -0.2) is 0 Å². The van der Waals surface area contributed by atoms with Crippen LogP contribution in [0.5, 0.6) is 0 Å². The highest BCUT2D eigenvalue weighted by Crippen LogP contribution is 2.32. The highest BCUT2D eigenvalue weighted by atomic mass is 16.2. The van der Waals surface area contributed by atoms with Crippen LogP contribution < -0.4 is 5.32 Å². The minimum Gasteiger partial charge on any atom is -0.342 e. The number of hydrogen-bond donors (Lipinski definition) is 1. The van der Waals surface area contributed by atoms with Gasteiger partial charge in [0.05, 0.1) is 5.41 Å². The van der Waals surface area contributed by atoms with Crippen LogP contribution in [0.2, 0.25) is 0 Å². The topological polar surface area (TPSA) is 35.6 Å². The first-order valence-electron chi connectivity index (χ1n) is 8.86. The summed E-state index contributed by atoms with van der Waals surface area (Å²) in [6, 6.07) is 0. The maximum Gasteiger partial charge on any atom is 0.230 e. The van der Waals surface area contributed by atoms with E-state index in [0.29, 0.717) is 5.91 Å². The molecule has 1 amide bonds. The first-order valence-corrected chi connectivity index (χ1v) is 8.86. The van der Waals surface area contributed by atoms with Crippen LogP contribution in [0.4, 0.5) is 0 Å². The van der Waals surface area contributed by atoms with Crippen molar-refractivity contribution < 1.29 is 4.79 Å². The average molecular weight is 297 g/mol. The van der Waals surface area contributed by atoms with Gasteiger partial charge in [-0.15, -0.1) is 0 Å². The van der Waals surface area contributed by atoms with E-state index in [-0.39, 0.29) is 5.41 Å². The molecule has 1 saturated heterocycles. The van der Waals surface area contributed by atoms with E-state index in [9.17, 15) is 4.79 Å². The number of hydrogen-bond acceptors (Lipinski definition) is 3. The number of carbonyl (C=O) groups excluding carboxylic acids is 1. The Morgan fingerprint density at radius 2 is 1.81 bits per heavy atom. The number of piperidine rings is 1. The van der Waals surface area contributed by atoms with Gasteiger partial charge in [0.2, 0.25) is 5.91 Å². The van der Waals surface area contributed by atoms with Crippen LogP contribution in [0.25, 0.3) is 0 Å². The van der Waals surface area contributed by atoms with Crippen LogP contribution in [-0.2, 0) is 4.79 Å². The van der Waals surface area contributed by atoms with Crippen LogP contribution >= 0.6 is 0 Å². The molecular formula is C17H35N3O. The molecule has 1 heterocycles. The Hall–Kier alpha value is -0.610. The largest absolute Gasteiger partial charge is 0.342 e. The fourth-order valence-corrected chi connectivity index (χ4v) is 3.37. The average Bonchev–Trinajstić information content (AvgIpc) is 2.55. The second kappa shape index (κ2) is 9.42.